The van der Waals surface area contributed by atoms with Crippen LogP contribution in [0.4, 0.5) is 0 Å². The van der Waals surface area contributed by atoms with E-state index < -0.39 is 6.10 Å². The number of aliphatic hydroxyl groups is 2. The van der Waals surface area contributed by atoms with E-state index in [0.717, 1.165) is 42.6 Å². The van der Waals surface area contributed by atoms with E-state index in [1.165, 1.54) is 17.3 Å². The summed E-state index contributed by atoms with van der Waals surface area (Å²) in [6.07, 6.45) is 3.72. The summed E-state index contributed by atoms with van der Waals surface area (Å²) in [6, 6.07) is 12.0. The number of nitrogens with zero attached hydrogens (tertiary/aromatic N) is 2. The van der Waals surface area contributed by atoms with E-state index in [1.807, 2.05) is 18.2 Å². The van der Waals surface area contributed by atoms with Crippen molar-refractivity contribution in [3.8, 4) is 0 Å². The van der Waals surface area contributed by atoms with Crippen molar-refractivity contribution in [3.05, 3.63) is 70.2 Å². The minimum Gasteiger partial charge on any atom is -0.618 e. The molecule has 4 rings (SSSR count). The van der Waals surface area contributed by atoms with E-state index in [-0.39, 0.29) is 12.0 Å². The molecule has 1 fully saturated rings. The van der Waals surface area contributed by atoms with Crippen molar-refractivity contribution in [1.82, 2.24) is 4.90 Å². The van der Waals surface area contributed by atoms with Crippen LogP contribution >= 0.6 is 0 Å². The van der Waals surface area contributed by atoms with Crippen molar-refractivity contribution in [2.24, 2.45) is 5.92 Å². The summed E-state index contributed by atoms with van der Waals surface area (Å²) >= 11 is 0. The number of pyridine rings is 1. The molecule has 0 spiro atoms. The van der Waals surface area contributed by atoms with Crippen LogP contribution in [0.5, 0.6) is 0 Å². The Bertz CT molecular complexity index is 825. The Labute approximate surface area is 166 Å². The molecule has 0 radical (unpaired) electrons. The van der Waals surface area contributed by atoms with E-state index in [9.17, 15) is 15.4 Å². The fourth-order valence-corrected chi connectivity index (χ4v) is 5.08. The van der Waals surface area contributed by atoms with Gasteiger partial charge in [0, 0.05) is 30.6 Å². The second-order valence-electron chi connectivity index (χ2n) is 8.48. The Morgan fingerprint density at radius 3 is 2.75 bits per heavy atom. The lowest BCUT2D eigenvalue weighted by Gasteiger charge is -2.38. The summed E-state index contributed by atoms with van der Waals surface area (Å²) in [4.78, 5) is 2.33. The summed E-state index contributed by atoms with van der Waals surface area (Å²) in [5.74, 6) is 0.519. The van der Waals surface area contributed by atoms with Gasteiger partial charge < -0.3 is 20.3 Å². The summed E-state index contributed by atoms with van der Waals surface area (Å²) in [7, 11) is 0. The molecule has 0 unspecified atom stereocenters. The predicted octanol–water partition coefficient (Wildman–Crippen LogP) is 2.46. The van der Waals surface area contributed by atoms with Gasteiger partial charge in [0.15, 0.2) is 6.20 Å². The van der Waals surface area contributed by atoms with Crippen LogP contribution in [0.25, 0.3) is 0 Å². The molecular formula is C23H30N2O3. The monoisotopic (exact) mass is 382 g/mol. The average molecular weight is 383 g/mol. The highest BCUT2D eigenvalue weighted by Gasteiger charge is 2.33. The van der Waals surface area contributed by atoms with E-state index >= 15 is 0 Å². The van der Waals surface area contributed by atoms with Gasteiger partial charge in [0.1, 0.15) is 6.10 Å². The molecule has 4 atom stereocenters. The van der Waals surface area contributed by atoms with Crippen molar-refractivity contribution < 1.29 is 14.9 Å². The molecule has 150 valence electrons. The number of likely N-dealkylation sites (tertiary alicyclic amines) is 1. The second kappa shape index (κ2) is 8.19. The zero-order valence-corrected chi connectivity index (χ0v) is 16.5. The van der Waals surface area contributed by atoms with Crippen molar-refractivity contribution in [1.29, 1.82) is 0 Å². The van der Waals surface area contributed by atoms with Gasteiger partial charge in [0.25, 0.3) is 0 Å². The highest BCUT2D eigenvalue weighted by atomic mass is 16.5. The summed E-state index contributed by atoms with van der Waals surface area (Å²) < 4.78 is 0.819. The van der Waals surface area contributed by atoms with Crippen LogP contribution in [-0.4, -0.2) is 40.9 Å². The molecule has 0 bridgehead atoms. The molecular weight excluding hydrogens is 352 g/mol. The van der Waals surface area contributed by atoms with Crippen LogP contribution in [0.15, 0.2) is 42.6 Å². The Morgan fingerprint density at radius 1 is 1.14 bits per heavy atom. The van der Waals surface area contributed by atoms with Gasteiger partial charge in [-0.05, 0) is 62.3 Å². The first-order chi connectivity index (χ1) is 13.5. The van der Waals surface area contributed by atoms with E-state index in [2.05, 4.69) is 24.0 Å². The summed E-state index contributed by atoms with van der Waals surface area (Å²) in [6.45, 7) is 4.60. The van der Waals surface area contributed by atoms with Crippen molar-refractivity contribution in [2.75, 3.05) is 19.6 Å². The molecule has 1 saturated heterocycles. The second-order valence-corrected chi connectivity index (χ2v) is 8.48. The maximum Gasteiger partial charge on any atom is 0.224 e. The zero-order chi connectivity index (χ0) is 19.7. The third-order valence-electron chi connectivity index (χ3n) is 6.55. The highest BCUT2D eigenvalue weighted by molar-refractivity contribution is 5.30. The van der Waals surface area contributed by atoms with Crippen LogP contribution in [-0.2, 0) is 6.42 Å². The van der Waals surface area contributed by atoms with Crippen LogP contribution in [0.3, 0.4) is 0 Å². The largest absolute Gasteiger partial charge is 0.618 e. The molecule has 5 heteroatoms. The number of aliphatic hydroxyl groups excluding tert-OH is 2. The van der Waals surface area contributed by atoms with Crippen LogP contribution in [0, 0.1) is 18.0 Å². The molecule has 0 saturated carbocycles. The number of fused-ring (bicyclic) bond motifs is 1. The number of β-amino-alcohol motifs (C(OH)–C–C–N with tert-alkyl or cyclic N) is 1. The lowest BCUT2D eigenvalue weighted by Crippen LogP contribution is -2.45. The molecule has 0 amide bonds. The van der Waals surface area contributed by atoms with Gasteiger partial charge in [-0.1, -0.05) is 24.3 Å². The quantitative estimate of drug-likeness (QED) is 0.486. The number of aryl methyl sites for hydroxylation is 2. The number of rotatable bonds is 3. The van der Waals surface area contributed by atoms with E-state index in [0.29, 0.717) is 24.6 Å². The summed E-state index contributed by atoms with van der Waals surface area (Å²) in [5, 5.41) is 33.5. The topological polar surface area (TPSA) is 70.6 Å². The molecule has 1 aromatic carbocycles. The number of hydrogen-bond donors (Lipinski definition) is 2. The molecule has 2 aromatic rings. The molecule has 5 nitrogen and oxygen atoms in total. The zero-order valence-electron chi connectivity index (χ0n) is 16.5. The first-order valence-corrected chi connectivity index (χ1v) is 10.4. The van der Waals surface area contributed by atoms with Crippen molar-refractivity contribution in [3.63, 3.8) is 0 Å². The van der Waals surface area contributed by atoms with Crippen LogP contribution in [0.1, 0.15) is 53.7 Å². The first-order valence-electron chi connectivity index (χ1n) is 10.4. The minimum atomic E-state index is -0.712. The lowest BCUT2D eigenvalue weighted by molar-refractivity contribution is -0.619. The Hall–Kier alpha value is -1.95. The Morgan fingerprint density at radius 2 is 1.96 bits per heavy atom. The fourth-order valence-electron chi connectivity index (χ4n) is 5.08. The minimum absolute atomic E-state index is 0.195. The molecule has 1 aliphatic carbocycles. The first kappa shape index (κ1) is 19.4. The lowest BCUT2D eigenvalue weighted by atomic mass is 9.84. The van der Waals surface area contributed by atoms with Gasteiger partial charge in [-0.15, -0.1) is 0 Å². The molecule has 1 aliphatic heterocycles. The Kier molecular flexibility index (Phi) is 5.67. The maximum absolute atomic E-state index is 12.1. The highest BCUT2D eigenvalue weighted by Crippen LogP contribution is 2.33. The van der Waals surface area contributed by atoms with Gasteiger partial charge in [-0.2, -0.15) is 4.73 Å². The number of benzene rings is 1. The van der Waals surface area contributed by atoms with Gasteiger partial charge in [-0.3, -0.25) is 0 Å². The molecule has 2 heterocycles. The van der Waals surface area contributed by atoms with E-state index in [4.69, 9.17) is 0 Å². The van der Waals surface area contributed by atoms with Crippen molar-refractivity contribution in [2.45, 2.75) is 50.7 Å². The average Bonchev–Trinajstić information content (AvgIpc) is 2.82. The Balaban J connectivity index is 1.39. The SMILES string of the molecule is Cc1ccccc1[C@H]1CCN(C[C@@H]2CCc3ccc[n+]([O-])c3[C@@H](O)C2)C[C@@H]1O. The van der Waals surface area contributed by atoms with Crippen LogP contribution < -0.4 is 4.73 Å². The van der Waals surface area contributed by atoms with Gasteiger partial charge in [-0.25, -0.2) is 0 Å². The number of hydrogen-bond acceptors (Lipinski definition) is 4. The molecule has 2 aliphatic rings. The smallest absolute Gasteiger partial charge is 0.224 e. The van der Waals surface area contributed by atoms with Gasteiger partial charge in [0.05, 0.1) is 6.10 Å². The fraction of sp³-hybridized carbons (Fsp3) is 0.522. The van der Waals surface area contributed by atoms with E-state index in [1.54, 1.807) is 6.07 Å². The maximum atomic E-state index is 12.1. The molecule has 2 N–H and O–H groups in total. The standard InChI is InChI=1S/C23H30N2O3/c1-16-5-2-3-7-19(16)20-10-12-24(15-22(20)27)14-17-8-9-18-6-4-11-25(28)23(18)21(26)13-17/h2-7,11,17,20-22,26-27H,8-10,12-15H2,1H3/t17-,20-,21+,22+/m1/s1. The molecule has 1 aromatic heterocycles. The van der Waals surface area contributed by atoms with Gasteiger partial charge in [0.2, 0.25) is 5.69 Å². The predicted molar refractivity (Wildman–Crippen MR) is 108 cm³/mol. The normalized spacial score (nSPS) is 28.5. The molecule has 28 heavy (non-hydrogen) atoms. The number of aromatic nitrogens is 1. The third kappa shape index (κ3) is 3.93. The summed E-state index contributed by atoms with van der Waals surface area (Å²) in [5.41, 5.74) is 3.99. The number of piperidine rings is 1. The van der Waals surface area contributed by atoms with Gasteiger partial charge >= 0.3 is 0 Å². The van der Waals surface area contributed by atoms with Crippen LogP contribution in [0.2, 0.25) is 0 Å². The van der Waals surface area contributed by atoms with Crippen molar-refractivity contribution >= 4 is 0 Å². The third-order valence-corrected chi connectivity index (χ3v) is 6.55.